The van der Waals surface area contributed by atoms with Crippen LogP contribution in [-0.2, 0) is 39.5 Å². The fourth-order valence-electron chi connectivity index (χ4n) is 5.58. The molecule has 0 aliphatic carbocycles. The van der Waals surface area contributed by atoms with Crippen LogP contribution in [0, 0.1) is 6.92 Å². The summed E-state index contributed by atoms with van der Waals surface area (Å²) < 4.78 is 84.9. The number of esters is 2. The van der Waals surface area contributed by atoms with Crippen molar-refractivity contribution in [2.75, 3.05) is 39.4 Å². The summed E-state index contributed by atoms with van der Waals surface area (Å²) in [6.45, 7) is 5.79. The van der Waals surface area contributed by atoms with Gasteiger partial charge in [-0.1, -0.05) is 50.2 Å². The SMILES string of the molecule is CCN(CCN(CC)S(=O)(=O)c1ccccc1)S(=O)(=O)c1ccccc1.Cc1cc(C(=O)OCCCCOC(=O)c2cc(O)c(O)c(O)c2)cc(O)c1O.NS(=O)(=O)c1ccc(O)c(O)c1. The van der Waals surface area contributed by atoms with Crippen LogP contribution in [0.4, 0.5) is 0 Å². The van der Waals surface area contributed by atoms with Gasteiger partial charge in [0.05, 0.1) is 39.0 Å². The molecule has 5 rings (SSSR count). The Morgan fingerprint density at radius 2 is 0.909 bits per heavy atom. The number of primary sulfonamides is 1. The summed E-state index contributed by atoms with van der Waals surface area (Å²) in [4.78, 5) is 23.9. The lowest BCUT2D eigenvalue weighted by molar-refractivity contribution is 0.0432. The highest BCUT2D eigenvalue weighted by molar-refractivity contribution is 7.89. The van der Waals surface area contributed by atoms with E-state index in [2.05, 4.69) is 0 Å². The zero-order valence-corrected chi connectivity index (χ0v) is 38.3. The average molecular weight is 978 g/mol. The average Bonchev–Trinajstić information content (AvgIpc) is 3.28. The molecule has 0 aliphatic heterocycles. The molecule has 20 nitrogen and oxygen atoms in total. The highest BCUT2D eigenvalue weighted by Gasteiger charge is 2.27. The smallest absolute Gasteiger partial charge is 0.338 e. The van der Waals surface area contributed by atoms with Gasteiger partial charge in [0.25, 0.3) is 0 Å². The molecule has 5 aromatic carbocycles. The lowest BCUT2D eigenvalue weighted by Crippen LogP contribution is -2.40. The first-order valence-corrected chi connectivity index (χ1v) is 24.1. The fourth-order valence-corrected chi connectivity index (χ4v) is 9.04. The van der Waals surface area contributed by atoms with Crippen LogP contribution in [0.15, 0.2) is 118 Å². The van der Waals surface area contributed by atoms with Crippen molar-refractivity contribution in [2.45, 2.75) is 48.3 Å². The van der Waals surface area contributed by atoms with Gasteiger partial charge in [0.15, 0.2) is 40.2 Å². The van der Waals surface area contributed by atoms with E-state index in [1.165, 1.54) is 45.9 Å². The lowest BCUT2D eigenvalue weighted by atomic mass is 10.1. The summed E-state index contributed by atoms with van der Waals surface area (Å²) in [6.07, 6.45) is 0.781. The number of rotatable bonds is 17. The van der Waals surface area contributed by atoms with Crippen LogP contribution in [0.3, 0.4) is 0 Å². The number of aryl methyl sites for hydroxylation is 1. The standard InChI is InChI=1S/C19H20O9.C18H24N2O4S2.C6H7NO4S/c1-10-6-11(7-13(20)16(10)23)18(25)27-4-2-3-5-28-19(26)12-8-14(21)17(24)15(22)9-12;1-3-19(25(21,22)17-11-7-5-8-12-17)15-16-20(4-2)26(23,24)18-13-9-6-10-14-18;7-12(10,11)4-1-2-5(8)6(9)3-4/h6-9,20-24H,2-5H2,1H3;5-14H,3-4,15-16H2,1-2H3;1-3,8-9H,(H2,7,10,11). The van der Waals surface area contributed by atoms with E-state index < -0.39 is 70.8 Å². The number of phenols is 7. The molecule has 9 N–H and O–H groups in total. The van der Waals surface area contributed by atoms with Crippen molar-refractivity contribution in [1.29, 1.82) is 0 Å². The molecule has 66 heavy (non-hydrogen) atoms. The molecule has 0 radical (unpaired) electrons. The van der Waals surface area contributed by atoms with Gasteiger partial charge in [-0.05, 0) is 86.0 Å². The second kappa shape index (κ2) is 24.1. The highest BCUT2D eigenvalue weighted by Crippen LogP contribution is 2.35. The lowest BCUT2D eigenvalue weighted by Gasteiger charge is -2.25. The van der Waals surface area contributed by atoms with E-state index in [1.807, 2.05) is 0 Å². The van der Waals surface area contributed by atoms with E-state index in [4.69, 9.17) is 24.8 Å². The Hall–Kier alpha value is -6.63. The monoisotopic (exact) mass is 977 g/mol. The minimum Gasteiger partial charge on any atom is -0.504 e. The van der Waals surface area contributed by atoms with E-state index in [1.54, 1.807) is 50.2 Å². The van der Waals surface area contributed by atoms with Gasteiger partial charge in [-0.25, -0.2) is 40.0 Å². The molecule has 0 aromatic heterocycles. The molecular weight excluding hydrogens is 927 g/mol. The molecule has 358 valence electrons. The second-order valence-corrected chi connectivity index (χ2v) is 19.3. The molecule has 0 heterocycles. The van der Waals surface area contributed by atoms with Crippen molar-refractivity contribution in [2.24, 2.45) is 5.14 Å². The van der Waals surface area contributed by atoms with Crippen molar-refractivity contribution < 1.29 is 80.1 Å². The van der Waals surface area contributed by atoms with E-state index in [0.717, 1.165) is 36.4 Å². The van der Waals surface area contributed by atoms with E-state index >= 15 is 0 Å². The van der Waals surface area contributed by atoms with Crippen molar-refractivity contribution in [3.8, 4) is 40.2 Å². The maximum absolute atomic E-state index is 12.7. The summed E-state index contributed by atoms with van der Waals surface area (Å²) in [5.74, 6) is -5.08. The maximum Gasteiger partial charge on any atom is 0.338 e. The molecule has 0 bridgehead atoms. The van der Waals surface area contributed by atoms with Gasteiger partial charge in [0.2, 0.25) is 30.1 Å². The number of benzene rings is 5. The first-order valence-electron chi connectivity index (χ1n) is 19.7. The number of phenolic OH excluding ortho intramolecular Hbond substituents is 7. The topological polar surface area (TPSA) is 329 Å². The zero-order chi connectivity index (χ0) is 49.4. The van der Waals surface area contributed by atoms with Crippen LogP contribution in [-0.4, -0.2) is 121 Å². The van der Waals surface area contributed by atoms with Crippen LogP contribution in [0.1, 0.15) is 53.0 Å². The Kier molecular flexibility index (Phi) is 19.6. The molecule has 0 unspecified atom stereocenters. The summed E-state index contributed by atoms with van der Waals surface area (Å²) in [5, 5.41) is 69.4. The zero-order valence-electron chi connectivity index (χ0n) is 35.9. The molecule has 23 heteroatoms. The van der Waals surface area contributed by atoms with Crippen LogP contribution in [0.5, 0.6) is 40.2 Å². The molecule has 0 spiro atoms. The Labute approximate surface area is 382 Å². The molecule has 5 aromatic rings. The van der Waals surface area contributed by atoms with Gasteiger partial charge < -0.3 is 45.2 Å². The number of nitrogens with two attached hydrogens (primary N) is 1. The van der Waals surface area contributed by atoms with E-state index in [-0.39, 0.29) is 76.7 Å². The number of hydrogen-bond donors (Lipinski definition) is 8. The highest BCUT2D eigenvalue weighted by atomic mass is 32.2. The minimum atomic E-state index is -3.81. The van der Waals surface area contributed by atoms with Gasteiger partial charge in [-0.2, -0.15) is 8.61 Å². The summed E-state index contributed by atoms with van der Waals surface area (Å²) in [7, 11) is -11.1. The van der Waals surface area contributed by atoms with Crippen LogP contribution in [0.2, 0.25) is 0 Å². The Morgan fingerprint density at radius 3 is 1.27 bits per heavy atom. The second-order valence-electron chi connectivity index (χ2n) is 13.8. The Morgan fingerprint density at radius 1 is 0.515 bits per heavy atom. The molecule has 0 fully saturated rings. The van der Waals surface area contributed by atoms with Crippen molar-refractivity contribution in [3.63, 3.8) is 0 Å². The number of nitrogens with zero attached hydrogens (tertiary/aromatic N) is 2. The van der Waals surface area contributed by atoms with E-state index in [0.29, 0.717) is 18.4 Å². The number of hydrogen-bond acceptors (Lipinski definition) is 17. The number of ether oxygens (including phenoxy) is 2. The predicted octanol–water partition coefficient (Wildman–Crippen LogP) is 4.47. The van der Waals surface area contributed by atoms with Gasteiger partial charge in [-0.3, -0.25) is 0 Å². The first-order chi connectivity index (χ1) is 30.9. The molecule has 0 saturated carbocycles. The number of unbranched alkanes of at least 4 members (excludes halogenated alkanes) is 1. The maximum atomic E-state index is 12.7. The summed E-state index contributed by atoms with van der Waals surface area (Å²) >= 11 is 0. The number of likely N-dealkylation sites (N-methyl/N-ethyl adjacent to an activating group) is 2. The number of carbonyl (C=O) groups excluding carboxylic acids is 2. The molecule has 0 atom stereocenters. The fraction of sp³-hybridized carbons (Fsp3) is 0.256. The summed E-state index contributed by atoms with van der Waals surface area (Å²) in [5.41, 5.74) is 0.318. The number of carbonyl (C=O) groups is 2. The number of aromatic hydroxyl groups is 7. The number of sulfonamides is 3. The molecule has 0 saturated heterocycles. The van der Waals surface area contributed by atoms with Gasteiger partial charge in [0, 0.05) is 32.2 Å². The van der Waals surface area contributed by atoms with Crippen LogP contribution >= 0.6 is 0 Å². The molecule has 0 aliphatic rings. The van der Waals surface area contributed by atoms with Gasteiger partial charge in [-0.15, -0.1) is 0 Å². The first kappa shape index (κ1) is 53.7. The molecular formula is C43H51N3O17S3. The van der Waals surface area contributed by atoms with Crippen molar-refractivity contribution >= 4 is 42.0 Å². The van der Waals surface area contributed by atoms with Crippen LogP contribution in [0.25, 0.3) is 0 Å². The normalized spacial score (nSPS) is 11.5. The minimum absolute atomic E-state index is 0.0118. The van der Waals surface area contributed by atoms with Gasteiger partial charge >= 0.3 is 11.9 Å². The van der Waals surface area contributed by atoms with Crippen molar-refractivity contribution in [3.05, 3.63) is 120 Å². The third-order valence-corrected chi connectivity index (χ3v) is 14.1. The van der Waals surface area contributed by atoms with Crippen LogP contribution < -0.4 is 5.14 Å². The largest absolute Gasteiger partial charge is 0.504 e. The van der Waals surface area contributed by atoms with Gasteiger partial charge in [0.1, 0.15) is 0 Å². The third kappa shape index (κ3) is 15.0. The van der Waals surface area contributed by atoms with Crippen molar-refractivity contribution in [1.82, 2.24) is 8.61 Å². The Balaban J connectivity index is 0.000000282. The molecule has 0 amide bonds. The quantitative estimate of drug-likeness (QED) is 0.0362. The van der Waals surface area contributed by atoms with E-state index in [9.17, 15) is 60.4 Å². The third-order valence-electron chi connectivity index (χ3n) is 9.17. The predicted molar refractivity (Wildman–Crippen MR) is 239 cm³/mol. The Bertz CT molecular complexity index is 2580. The summed E-state index contributed by atoms with van der Waals surface area (Å²) in [6, 6.07) is 23.8.